The zero-order chi connectivity index (χ0) is 17.7. The molecule has 2 aliphatic heterocycles. The van der Waals surface area contributed by atoms with Crippen LogP contribution in [0.25, 0.3) is 0 Å². The van der Waals surface area contributed by atoms with E-state index in [-0.39, 0.29) is 11.8 Å². The molecule has 1 saturated heterocycles. The first-order chi connectivity index (χ1) is 12.6. The number of hydrogen-bond donors (Lipinski definition) is 1. The summed E-state index contributed by atoms with van der Waals surface area (Å²) in [6, 6.07) is 4.16. The second-order valence-electron chi connectivity index (χ2n) is 8.90. The van der Waals surface area contributed by atoms with Gasteiger partial charge in [0.2, 0.25) is 0 Å². The largest absolute Gasteiger partial charge is 0.493 e. The van der Waals surface area contributed by atoms with Crippen LogP contribution in [-0.2, 0) is 16.6 Å². The van der Waals surface area contributed by atoms with E-state index in [0.29, 0.717) is 24.3 Å². The van der Waals surface area contributed by atoms with Gasteiger partial charge in [0.25, 0.3) is 0 Å². The average Bonchev–Trinajstić information content (AvgIpc) is 3.37. The first-order valence-corrected chi connectivity index (χ1v) is 9.94. The summed E-state index contributed by atoms with van der Waals surface area (Å²) in [7, 11) is 1.64. The van der Waals surface area contributed by atoms with E-state index in [1.54, 1.807) is 7.11 Å². The Morgan fingerprint density at radius 3 is 2.96 bits per heavy atom. The van der Waals surface area contributed by atoms with Gasteiger partial charge in [-0.3, -0.25) is 9.69 Å². The van der Waals surface area contributed by atoms with Crippen molar-refractivity contribution in [1.29, 1.82) is 0 Å². The number of rotatable bonds is 3. The monoisotopic (exact) mass is 355 g/mol. The van der Waals surface area contributed by atoms with Gasteiger partial charge in [0.1, 0.15) is 0 Å². The van der Waals surface area contributed by atoms with Gasteiger partial charge in [-0.15, -0.1) is 0 Å². The molecule has 0 aromatic heterocycles. The van der Waals surface area contributed by atoms with Crippen molar-refractivity contribution >= 4 is 5.78 Å². The molecule has 26 heavy (non-hydrogen) atoms. The smallest absolute Gasteiger partial charge is 0.174 e. The maximum Gasteiger partial charge on any atom is 0.174 e. The molecule has 3 aliphatic carbocycles. The summed E-state index contributed by atoms with van der Waals surface area (Å²) in [5, 5.41) is 12.1. The molecule has 5 heteroatoms. The lowest BCUT2D eigenvalue weighted by molar-refractivity contribution is -0.188. The van der Waals surface area contributed by atoms with Crippen LogP contribution in [0.15, 0.2) is 12.1 Å². The highest BCUT2D eigenvalue weighted by molar-refractivity contribution is 5.90. The van der Waals surface area contributed by atoms with Crippen molar-refractivity contribution in [3.8, 4) is 11.5 Å². The van der Waals surface area contributed by atoms with E-state index < -0.39 is 17.1 Å². The third kappa shape index (κ3) is 1.63. The molecule has 2 heterocycles. The molecule has 3 fully saturated rings. The van der Waals surface area contributed by atoms with Crippen LogP contribution >= 0.6 is 0 Å². The van der Waals surface area contributed by atoms with Crippen LogP contribution in [0.4, 0.5) is 0 Å². The highest BCUT2D eigenvalue weighted by atomic mass is 16.5. The normalized spacial score (nSPS) is 40.2. The minimum atomic E-state index is -0.886. The maximum absolute atomic E-state index is 12.8. The van der Waals surface area contributed by atoms with Crippen LogP contribution in [0.5, 0.6) is 11.5 Å². The van der Waals surface area contributed by atoms with E-state index in [0.717, 1.165) is 37.4 Å². The predicted molar refractivity (Wildman–Crippen MR) is 94.7 cm³/mol. The van der Waals surface area contributed by atoms with Crippen LogP contribution in [0, 0.1) is 5.92 Å². The van der Waals surface area contributed by atoms with Crippen LogP contribution in [0.2, 0.25) is 0 Å². The van der Waals surface area contributed by atoms with Crippen molar-refractivity contribution in [1.82, 2.24) is 4.90 Å². The second kappa shape index (κ2) is 4.82. The molecule has 5 aliphatic rings. The van der Waals surface area contributed by atoms with Crippen molar-refractivity contribution in [2.75, 3.05) is 20.2 Å². The highest BCUT2D eigenvalue weighted by Crippen LogP contribution is 2.65. The zero-order valence-electron chi connectivity index (χ0n) is 15.2. The van der Waals surface area contributed by atoms with Crippen molar-refractivity contribution in [3.05, 3.63) is 23.3 Å². The number of ketones is 1. The maximum atomic E-state index is 12.8. The molecular weight excluding hydrogens is 330 g/mol. The van der Waals surface area contributed by atoms with E-state index >= 15 is 0 Å². The van der Waals surface area contributed by atoms with Gasteiger partial charge in [-0.25, -0.2) is 0 Å². The van der Waals surface area contributed by atoms with Gasteiger partial charge in [-0.2, -0.15) is 0 Å². The Labute approximate surface area is 153 Å². The van der Waals surface area contributed by atoms with Gasteiger partial charge in [0, 0.05) is 24.6 Å². The second-order valence-corrected chi connectivity index (χ2v) is 8.90. The Morgan fingerprint density at radius 2 is 2.19 bits per heavy atom. The molecule has 2 bridgehead atoms. The third-order valence-corrected chi connectivity index (χ3v) is 7.76. The fourth-order valence-corrected chi connectivity index (χ4v) is 6.41. The quantitative estimate of drug-likeness (QED) is 0.896. The molecule has 6 rings (SSSR count). The standard InChI is InChI=1S/C21H25NO4/c1-25-15-5-4-13-10-16-21(24)7-6-14(23)19-20(21,17(13)18(15)26-19)8-9-22(16)11-12-2-3-12/h4-5,12,16,19,24H,2-3,6-11H2,1H3/t16-,19+,20-,21+/m0/s1. The number of methoxy groups -OCH3 is 1. The average molecular weight is 355 g/mol. The number of benzene rings is 1. The fourth-order valence-electron chi connectivity index (χ4n) is 6.41. The van der Waals surface area contributed by atoms with E-state index in [1.807, 2.05) is 6.07 Å². The SMILES string of the molecule is COc1ccc2c3c1O[C@@H]1C(=O)CC[C@@]4(O)[C@H](C2)N(CC2CC2)CC[C@]314. The van der Waals surface area contributed by atoms with Crippen LogP contribution in [-0.4, -0.2) is 53.7 Å². The minimum Gasteiger partial charge on any atom is -0.493 e. The molecule has 0 unspecified atom stereocenters. The molecule has 2 saturated carbocycles. The number of ether oxygens (including phenoxy) is 2. The number of carbonyl (C=O) groups excluding carboxylic acids is 1. The topological polar surface area (TPSA) is 59.0 Å². The molecule has 1 aromatic rings. The summed E-state index contributed by atoms with van der Waals surface area (Å²) in [4.78, 5) is 15.4. The number of carbonyl (C=O) groups is 1. The molecule has 1 N–H and O–H groups in total. The summed E-state index contributed by atoms with van der Waals surface area (Å²) in [5.41, 5.74) is 0.821. The lowest BCUT2D eigenvalue weighted by Gasteiger charge is -2.62. The van der Waals surface area contributed by atoms with Crippen molar-refractivity contribution in [3.63, 3.8) is 0 Å². The van der Waals surface area contributed by atoms with Gasteiger partial charge < -0.3 is 14.6 Å². The minimum absolute atomic E-state index is 0.0860. The van der Waals surface area contributed by atoms with E-state index in [2.05, 4.69) is 11.0 Å². The lowest BCUT2D eigenvalue weighted by Crippen LogP contribution is -2.76. The summed E-state index contributed by atoms with van der Waals surface area (Å²) in [6.07, 6.45) is 4.65. The summed E-state index contributed by atoms with van der Waals surface area (Å²) < 4.78 is 11.8. The number of piperidine rings is 1. The van der Waals surface area contributed by atoms with Crippen molar-refractivity contribution in [2.24, 2.45) is 5.92 Å². The number of nitrogens with zero attached hydrogens (tertiary/aromatic N) is 1. The summed E-state index contributed by atoms with van der Waals surface area (Å²) in [5.74, 6) is 2.32. The molecule has 4 atom stereocenters. The Balaban J connectivity index is 1.57. The van der Waals surface area contributed by atoms with E-state index in [9.17, 15) is 9.90 Å². The molecule has 1 aromatic carbocycles. The predicted octanol–water partition coefficient (Wildman–Crippen LogP) is 1.83. The number of Topliss-reactive ketones (excluding diaryl/α,β-unsaturated/α-hetero) is 1. The Kier molecular flexibility index (Phi) is 2.86. The third-order valence-electron chi connectivity index (χ3n) is 7.76. The molecule has 138 valence electrons. The summed E-state index contributed by atoms with van der Waals surface area (Å²) in [6.45, 7) is 2.02. The Bertz CT molecular complexity index is 818. The summed E-state index contributed by atoms with van der Waals surface area (Å²) >= 11 is 0. The first kappa shape index (κ1) is 15.5. The highest BCUT2D eigenvalue weighted by Gasteiger charge is 2.73. The van der Waals surface area contributed by atoms with Gasteiger partial charge in [-0.05, 0) is 56.2 Å². The van der Waals surface area contributed by atoms with Crippen LogP contribution in [0.1, 0.15) is 43.2 Å². The van der Waals surface area contributed by atoms with Gasteiger partial charge >= 0.3 is 0 Å². The van der Waals surface area contributed by atoms with Crippen molar-refractivity contribution in [2.45, 2.75) is 61.7 Å². The van der Waals surface area contributed by atoms with Crippen LogP contribution < -0.4 is 9.47 Å². The van der Waals surface area contributed by atoms with Crippen molar-refractivity contribution < 1.29 is 19.4 Å². The van der Waals surface area contributed by atoms with Gasteiger partial charge in [0.15, 0.2) is 23.4 Å². The molecule has 0 radical (unpaired) electrons. The number of likely N-dealkylation sites (tertiary alicyclic amines) is 1. The molecule has 5 nitrogen and oxygen atoms in total. The number of hydrogen-bond acceptors (Lipinski definition) is 5. The van der Waals surface area contributed by atoms with Gasteiger partial charge in [-0.1, -0.05) is 6.07 Å². The van der Waals surface area contributed by atoms with Crippen LogP contribution in [0.3, 0.4) is 0 Å². The fraction of sp³-hybridized carbons (Fsp3) is 0.667. The Hall–Kier alpha value is -1.59. The van der Waals surface area contributed by atoms with Gasteiger partial charge in [0.05, 0.1) is 18.1 Å². The molecule has 0 amide bonds. The van der Waals surface area contributed by atoms with E-state index in [4.69, 9.17) is 9.47 Å². The lowest BCUT2D eigenvalue weighted by atomic mass is 9.49. The zero-order valence-corrected chi connectivity index (χ0v) is 15.2. The molecule has 1 spiro atoms. The first-order valence-electron chi connectivity index (χ1n) is 9.94. The van der Waals surface area contributed by atoms with E-state index in [1.165, 1.54) is 18.4 Å². The Morgan fingerprint density at radius 1 is 1.35 bits per heavy atom. The molecular formula is C21H25NO4. The number of aliphatic hydroxyl groups is 1.